The van der Waals surface area contributed by atoms with Crippen molar-refractivity contribution in [3.05, 3.63) is 107 Å². The monoisotopic (exact) mass is 439 g/mol. The Bertz CT molecular complexity index is 1250. The van der Waals surface area contributed by atoms with Gasteiger partial charge in [-0.05, 0) is 65.6 Å². The summed E-state index contributed by atoms with van der Waals surface area (Å²) in [6.07, 6.45) is 4.36. The quantitative estimate of drug-likeness (QED) is 0.453. The van der Waals surface area contributed by atoms with Gasteiger partial charge in [-0.2, -0.15) is 5.10 Å². The normalized spacial score (nSPS) is 15.1. The minimum atomic E-state index is -0.215. The van der Waals surface area contributed by atoms with E-state index in [9.17, 15) is 4.79 Å². The van der Waals surface area contributed by atoms with E-state index in [1.54, 1.807) is 25.1 Å². The summed E-state index contributed by atoms with van der Waals surface area (Å²) in [5.74, 6) is 1.36. The zero-order valence-corrected chi connectivity index (χ0v) is 18.6. The molecule has 33 heavy (non-hydrogen) atoms. The first kappa shape index (κ1) is 20.8. The van der Waals surface area contributed by atoms with Crippen molar-refractivity contribution < 1.29 is 14.3 Å². The maximum atomic E-state index is 13.7. The second-order valence-corrected chi connectivity index (χ2v) is 7.97. The molecule has 4 aromatic rings. The van der Waals surface area contributed by atoms with Gasteiger partial charge in [-0.1, -0.05) is 30.3 Å². The van der Waals surface area contributed by atoms with E-state index >= 15 is 0 Å². The van der Waals surface area contributed by atoms with Gasteiger partial charge >= 0.3 is 0 Å². The molecule has 5 rings (SSSR count). The lowest BCUT2D eigenvalue weighted by Gasteiger charge is -2.38. The van der Waals surface area contributed by atoms with Gasteiger partial charge in [-0.3, -0.25) is 4.79 Å². The van der Waals surface area contributed by atoms with E-state index < -0.39 is 0 Å². The summed E-state index contributed by atoms with van der Waals surface area (Å²) in [5.41, 5.74) is 4.85. The van der Waals surface area contributed by atoms with E-state index in [0.717, 1.165) is 23.2 Å². The number of benzene rings is 3. The van der Waals surface area contributed by atoms with Crippen LogP contribution in [-0.4, -0.2) is 41.4 Å². The molecule has 0 unspecified atom stereocenters. The molecule has 0 bridgehead atoms. The molecule has 6 nitrogen and oxygen atoms in total. The summed E-state index contributed by atoms with van der Waals surface area (Å²) in [6, 6.07) is 23.4. The molecular formula is C27H25N3O3. The molecule has 1 atom stereocenters. The fraction of sp³-hybridized carbons (Fsp3) is 0.185. The van der Waals surface area contributed by atoms with Crippen LogP contribution in [0, 0.1) is 0 Å². The molecule has 1 aromatic heterocycles. The van der Waals surface area contributed by atoms with Crippen molar-refractivity contribution in [1.82, 2.24) is 14.7 Å². The topological polar surface area (TPSA) is 56.6 Å². The Morgan fingerprint density at radius 2 is 1.67 bits per heavy atom. The number of aromatic nitrogens is 2. The van der Waals surface area contributed by atoms with Crippen molar-refractivity contribution in [3.8, 4) is 17.2 Å². The van der Waals surface area contributed by atoms with E-state index in [2.05, 4.69) is 17.2 Å². The van der Waals surface area contributed by atoms with Gasteiger partial charge in [0.25, 0.3) is 5.91 Å². The molecule has 3 aromatic carbocycles. The summed E-state index contributed by atoms with van der Waals surface area (Å²) < 4.78 is 12.9. The van der Waals surface area contributed by atoms with Gasteiger partial charge in [0.2, 0.25) is 0 Å². The number of amides is 1. The van der Waals surface area contributed by atoms with Gasteiger partial charge < -0.3 is 14.4 Å². The van der Waals surface area contributed by atoms with E-state index in [1.165, 1.54) is 5.56 Å². The number of methoxy groups -OCH3 is 2. The first-order valence-corrected chi connectivity index (χ1v) is 10.9. The molecule has 0 saturated carbocycles. The highest BCUT2D eigenvalue weighted by atomic mass is 16.5. The second kappa shape index (κ2) is 8.82. The number of carbonyl (C=O) groups is 1. The number of fused-ring (bicyclic) bond motifs is 1. The van der Waals surface area contributed by atoms with Crippen molar-refractivity contribution in [1.29, 1.82) is 0 Å². The fourth-order valence-corrected chi connectivity index (χ4v) is 4.50. The summed E-state index contributed by atoms with van der Waals surface area (Å²) in [6.45, 7) is 0.613. The highest BCUT2D eigenvalue weighted by Crippen LogP contribution is 2.41. The van der Waals surface area contributed by atoms with Gasteiger partial charge in [-0.25, -0.2) is 4.68 Å². The first-order valence-electron chi connectivity index (χ1n) is 10.9. The zero-order valence-electron chi connectivity index (χ0n) is 18.6. The molecular weight excluding hydrogens is 414 g/mol. The van der Waals surface area contributed by atoms with Crippen LogP contribution in [0.1, 0.15) is 33.1 Å². The lowest BCUT2D eigenvalue weighted by molar-refractivity contribution is 0.0694. The number of ether oxygens (including phenoxy) is 2. The third-order valence-corrected chi connectivity index (χ3v) is 6.13. The van der Waals surface area contributed by atoms with Crippen LogP contribution in [0.15, 0.2) is 85.2 Å². The molecule has 1 aliphatic heterocycles. The fourth-order valence-electron chi connectivity index (χ4n) is 4.50. The van der Waals surface area contributed by atoms with E-state index in [4.69, 9.17) is 9.47 Å². The molecule has 0 saturated heterocycles. The van der Waals surface area contributed by atoms with Crippen molar-refractivity contribution in [2.24, 2.45) is 0 Å². The Kier molecular flexibility index (Phi) is 5.57. The Hall–Kier alpha value is -4.06. The molecule has 0 fully saturated rings. The Labute approximate surface area is 193 Å². The van der Waals surface area contributed by atoms with Crippen LogP contribution in [0.4, 0.5) is 0 Å². The summed E-state index contributed by atoms with van der Waals surface area (Å²) in [7, 11) is 3.28. The van der Waals surface area contributed by atoms with E-state index in [-0.39, 0.29) is 11.9 Å². The predicted octanol–water partition coefficient (Wildman–Crippen LogP) is 4.68. The van der Waals surface area contributed by atoms with Crippen LogP contribution in [-0.2, 0) is 6.42 Å². The standard InChI is InChI=1S/C27H25N3O3/c1-32-24-17-21-13-16-29(26(19-7-4-3-5-8-19)23(21)18-25(24)33-2)27(31)20-9-11-22(12-10-20)30-15-6-14-28-30/h3-12,14-15,17-18,26H,13,16H2,1-2H3/t26-/m0/s1. The third-order valence-electron chi connectivity index (χ3n) is 6.13. The van der Waals surface area contributed by atoms with Crippen LogP contribution < -0.4 is 9.47 Å². The Morgan fingerprint density at radius 1 is 0.939 bits per heavy atom. The van der Waals surface area contributed by atoms with Crippen molar-refractivity contribution >= 4 is 5.91 Å². The summed E-state index contributed by atoms with van der Waals surface area (Å²) in [5, 5.41) is 4.26. The summed E-state index contributed by atoms with van der Waals surface area (Å²) >= 11 is 0. The number of rotatable bonds is 5. The number of hydrogen-bond acceptors (Lipinski definition) is 4. The van der Waals surface area contributed by atoms with Crippen molar-refractivity contribution in [2.45, 2.75) is 12.5 Å². The van der Waals surface area contributed by atoms with E-state index in [0.29, 0.717) is 23.6 Å². The largest absolute Gasteiger partial charge is 0.493 e. The molecule has 2 heterocycles. The predicted molar refractivity (Wildman–Crippen MR) is 126 cm³/mol. The lowest BCUT2D eigenvalue weighted by Crippen LogP contribution is -2.40. The van der Waals surface area contributed by atoms with Crippen LogP contribution in [0.3, 0.4) is 0 Å². The van der Waals surface area contributed by atoms with Gasteiger partial charge in [-0.15, -0.1) is 0 Å². The van der Waals surface area contributed by atoms with Crippen LogP contribution >= 0.6 is 0 Å². The average molecular weight is 440 g/mol. The van der Waals surface area contributed by atoms with Gasteiger partial charge in [0.1, 0.15) is 0 Å². The highest BCUT2D eigenvalue weighted by Gasteiger charge is 2.33. The Morgan fingerprint density at radius 3 is 2.33 bits per heavy atom. The Balaban J connectivity index is 1.55. The SMILES string of the molecule is COc1cc2c(cc1OC)[C@H](c1ccccc1)N(C(=O)c1ccc(-n3cccn3)cc1)CC2. The molecule has 6 heteroatoms. The molecule has 0 aliphatic carbocycles. The van der Waals surface area contributed by atoms with Gasteiger partial charge in [0, 0.05) is 24.5 Å². The van der Waals surface area contributed by atoms with Gasteiger partial charge in [0.15, 0.2) is 11.5 Å². The molecule has 1 aliphatic rings. The number of carbonyl (C=O) groups excluding carboxylic acids is 1. The minimum absolute atomic E-state index is 0.00342. The molecule has 0 spiro atoms. The molecule has 0 radical (unpaired) electrons. The zero-order chi connectivity index (χ0) is 22.8. The van der Waals surface area contributed by atoms with Crippen LogP contribution in [0.5, 0.6) is 11.5 Å². The molecule has 1 amide bonds. The van der Waals surface area contributed by atoms with Crippen molar-refractivity contribution in [2.75, 3.05) is 20.8 Å². The summed E-state index contributed by atoms with van der Waals surface area (Å²) in [4.78, 5) is 15.7. The first-order chi connectivity index (χ1) is 16.2. The second-order valence-electron chi connectivity index (χ2n) is 7.97. The molecule has 0 N–H and O–H groups in total. The van der Waals surface area contributed by atoms with Crippen LogP contribution in [0.2, 0.25) is 0 Å². The van der Waals surface area contributed by atoms with Crippen LogP contribution in [0.25, 0.3) is 5.69 Å². The molecule has 166 valence electrons. The third kappa shape index (κ3) is 3.84. The minimum Gasteiger partial charge on any atom is -0.493 e. The average Bonchev–Trinajstić information content (AvgIpc) is 3.42. The van der Waals surface area contributed by atoms with E-state index in [1.807, 2.05) is 71.8 Å². The maximum absolute atomic E-state index is 13.7. The van der Waals surface area contributed by atoms with Gasteiger partial charge in [0.05, 0.1) is 25.9 Å². The number of nitrogens with zero attached hydrogens (tertiary/aromatic N) is 3. The lowest BCUT2D eigenvalue weighted by atomic mass is 9.87. The smallest absolute Gasteiger partial charge is 0.254 e. The van der Waals surface area contributed by atoms with Crippen molar-refractivity contribution in [3.63, 3.8) is 0 Å². The maximum Gasteiger partial charge on any atom is 0.254 e. The highest BCUT2D eigenvalue weighted by molar-refractivity contribution is 5.95. The number of hydrogen-bond donors (Lipinski definition) is 0.